The average molecular weight is 416 g/mol. The van der Waals surface area contributed by atoms with Crippen LogP contribution in [0.2, 0.25) is 0 Å². The number of carbonyl (C=O) groups excluding carboxylic acids is 1. The fraction of sp³-hybridized carbons (Fsp3) is 0.136. The van der Waals surface area contributed by atoms with E-state index in [1.807, 2.05) is 61.5 Å². The number of rotatable bonds is 6. The SMILES string of the molecule is Cc1ccccc1-c1cc(NC(=O)c2n[nH]c(C)c2[N+](=O)[O-])n(Cc2ccccc2)n1. The van der Waals surface area contributed by atoms with E-state index >= 15 is 0 Å². The predicted molar refractivity (Wildman–Crippen MR) is 116 cm³/mol. The highest BCUT2D eigenvalue weighted by Gasteiger charge is 2.28. The van der Waals surface area contributed by atoms with Crippen LogP contribution in [0.15, 0.2) is 60.7 Å². The highest BCUT2D eigenvalue weighted by molar-refractivity contribution is 6.05. The summed E-state index contributed by atoms with van der Waals surface area (Å²) in [6, 6.07) is 19.3. The number of aromatic nitrogens is 4. The third-order valence-corrected chi connectivity index (χ3v) is 4.93. The van der Waals surface area contributed by atoms with Crippen molar-refractivity contribution >= 4 is 17.4 Å². The molecule has 0 saturated carbocycles. The Hall–Kier alpha value is -4.27. The van der Waals surface area contributed by atoms with Crippen molar-refractivity contribution < 1.29 is 9.72 Å². The van der Waals surface area contributed by atoms with E-state index in [9.17, 15) is 14.9 Å². The Morgan fingerprint density at radius 1 is 1.13 bits per heavy atom. The smallest absolute Gasteiger partial charge is 0.305 e. The Morgan fingerprint density at radius 3 is 2.55 bits per heavy atom. The van der Waals surface area contributed by atoms with Crippen LogP contribution in [0, 0.1) is 24.0 Å². The quantitative estimate of drug-likeness (QED) is 0.362. The molecule has 2 N–H and O–H groups in total. The molecule has 4 aromatic rings. The van der Waals surface area contributed by atoms with Crippen LogP contribution in [-0.4, -0.2) is 30.8 Å². The number of aryl methyl sites for hydroxylation is 2. The molecule has 0 radical (unpaired) electrons. The van der Waals surface area contributed by atoms with Crippen molar-refractivity contribution in [2.24, 2.45) is 0 Å². The summed E-state index contributed by atoms with van der Waals surface area (Å²) in [4.78, 5) is 23.6. The molecule has 0 aliphatic carbocycles. The summed E-state index contributed by atoms with van der Waals surface area (Å²) in [6.45, 7) is 3.90. The molecule has 9 nitrogen and oxygen atoms in total. The Kier molecular flexibility index (Phi) is 5.31. The van der Waals surface area contributed by atoms with E-state index in [1.165, 1.54) is 6.92 Å². The van der Waals surface area contributed by atoms with Crippen LogP contribution in [0.25, 0.3) is 11.3 Å². The number of nitrogens with one attached hydrogen (secondary N) is 2. The van der Waals surface area contributed by atoms with E-state index in [0.29, 0.717) is 18.1 Å². The first-order valence-electron chi connectivity index (χ1n) is 9.62. The highest BCUT2D eigenvalue weighted by atomic mass is 16.6. The molecule has 0 fully saturated rings. The van der Waals surface area contributed by atoms with Crippen LogP contribution < -0.4 is 5.32 Å². The zero-order valence-corrected chi connectivity index (χ0v) is 17.0. The highest BCUT2D eigenvalue weighted by Crippen LogP contribution is 2.27. The van der Waals surface area contributed by atoms with E-state index in [-0.39, 0.29) is 17.1 Å². The molecule has 1 amide bonds. The number of carbonyl (C=O) groups is 1. The second kappa shape index (κ2) is 8.23. The molecule has 4 rings (SSSR count). The minimum Gasteiger partial charge on any atom is -0.305 e. The summed E-state index contributed by atoms with van der Waals surface area (Å²) in [6.07, 6.45) is 0. The molecule has 0 spiro atoms. The largest absolute Gasteiger partial charge is 0.322 e. The fourth-order valence-corrected chi connectivity index (χ4v) is 3.37. The van der Waals surface area contributed by atoms with Crippen molar-refractivity contribution in [3.63, 3.8) is 0 Å². The van der Waals surface area contributed by atoms with Gasteiger partial charge in [-0.3, -0.25) is 20.0 Å². The maximum atomic E-state index is 12.8. The number of hydrogen-bond donors (Lipinski definition) is 2. The van der Waals surface area contributed by atoms with Gasteiger partial charge in [-0.1, -0.05) is 54.6 Å². The van der Waals surface area contributed by atoms with Gasteiger partial charge in [-0.2, -0.15) is 10.2 Å². The number of hydrogen-bond acceptors (Lipinski definition) is 5. The summed E-state index contributed by atoms with van der Waals surface area (Å²) in [5.41, 5.74) is 3.28. The Morgan fingerprint density at radius 2 is 1.84 bits per heavy atom. The van der Waals surface area contributed by atoms with Crippen LogP contribution in [0.1, 0.15) is 27.3 Å². The third kappa shape index (κ3) is 4.06. The van der Waals surface area contributed by atoms with Gasteiger partial charge in [-0.25, -0.2) is 4.68 Å². The Bertz CT molecular complexity index is 1260. The van der Waals surface area contributed by atoms with E-state index in [1.54, 1.807) is 10.7 Å². The molecule has 2 aromatic carbocycles. The summed E-state index contributed by atoms with van der Waals surface area (Å²) >= 11 is 0. The second-order valence-corrected chi connectivity index (χ2v) is 7.13. The predicted octanol–water partition coefficient (Wildman–Crippen LogP) is 4.10. The molecular weight excluding hydrogens is 396 g/mol. The number of aromatic amines is 1. The number of anilines is 1. The van der Waals surface area contributed by atoms with Crippen molar-refractivity contribution in [1.29, 1.82) is 0 Å². The van der Waals surface area contributed by atoms with E-state index in [2.05, 4.69) is 20.6 Å². The van der Waals surface area contributed by atoms with Gasteiger partial charge in [-0.05, 0) is 25.0 Å². The van der Waals surface area contributed by atoms with Crippen LogP contribution >= 0.6 is 0 Å². The third-order valence-electron chi connectivity index (χ3n) is 4.93. The molecular formula is C22H20N6O3. The van der Waals surface area contributed by atoms with E-state index in [4.69, 9.17) is 0 Å². The molecule has 9 heteroatoms. The van der Waals surface area contributed by atoms with E-state index in [0.717, 1.165) is 16.7 Å². The van der Waals surface area contributed by atoms with Crippen molar-refractivity contribution in [2.45, 2.75) is 20.4 Å². The monoisotopic (exact) mass is 416 g/mol. The lowest BCUT2D eigenvalue weighted by atomic mass is 10.1. The maximum absolute atomic E-state index is 12.8. The summed E-state index contributed by atoms with van der Waals surface area (Å²) in [5, 5.41) is 25.1. The van der Waals surface area contributed by atoms with Crippen LogP contribution in [-0.2, 0) is 6.54 Å². The molecule has 2 aromatic heterocycles. The summed E-state index contributed by atoms with van der Waals surface area (Å²) < 4.78 is 1.67. The Labute approximate surface area is 177 Å². The van der Waals surface area contributed by atoms with Crippen LogP contribution in [0.4, 0.5) is 11.5 Å². The van der Waals surface area contributed by atoms with Crippen molar-refractivity contribution in [3.8, 4) is 11.3 Å². The number of nitrogens with zero attached hydrogens (tertiary/aromatic N) is 4. The molecule has 0 aliphatic heterocycles. The van der Waals surface area contributed by atoms with Gasteiger partial charge in [0, 0.05) is 11.6 Å². The molecule has 0 saturated heterocycles. The topological polar surface area (TPSA) is 119 Å². The van der Waals surface area contributed by atoms with Gasteiger partial charge in [-0.15, -0.1) is 0 Å². The second-order valence-electron chi connectivity index (χ2n) is 7.13. The summed E-state index contributed by atoms with van der Waals surface area (Å²) in [5.74, 6) is -0.261. The lowest BCUT2D eigenvalue weighted by Gasteiger charge is -2.08. The zero-order valence-electron chi connectivity index (χ0n) is 17.0. The lowest BCUT2D eigenvalue weighted by molar-refractivity contribution is -0.385. The first-order chi connectivity index (χ1) is 14.9. The number of H-pyrrole nitrogens is 1. The van der Waals surface area contributed by atoms with Gasteiger partial charge in [0.2, 0.25) is 5.69 Å². The molecule has 0 bridgehead atoms. The zero-order chi connectivity index (χ0) is 22.0. The van der Waals surface area contributed by atoms with Gasteiger partial charge in [0.1, 0.15) is 11.5 Å². The maximum Gasteiger partial charge on any atom is 0.322 e. The number of benzene rings is 2. The van der Waals surface area contributed by atoms with Crippen LogP contribution in [0.3, 0.4) is 0 Å². The molecule has 156 valence electrons. The van der Waals surface area contributed by atoms with Gasteiger partial charge in [0.25, 0.3) is 5.91 Å². The van der Waals surface area contributed by atoms with Crippen LogP contribution in [0.5, 0.6) is 0 Å². The normalized spacial score (nSPS) is 10.8. The Balaban J connectivity index is 1.72. The lowest BCUT2D eigenvalue weighted by Crippen LogP contribution is -2.17. The van der Waals surface area contributed by atoms with Gasteiger partial charge in [0.05, 0.1) is 17.2 Å². The average Bonchev–Trinajstić information content (AvgIpc) is 3.32. The molecule has 0 aliphatic rings. The van der Waals surface area contributed by atoms with Crippen molar-refractivity contribution in [1.82, 2.24) is 20.0 Å². The molecule has 0 unspecified atom stereocenters. The minimum atomic E-state index is -0.679. The first kappa shape index (κ1) is 20.0. The minimum absolute atomic E-state index is 0.216. The molecule has 0 atom stereocenters. The van der Waals surface area contributed by atoms with Crippen molar-refractivity contribution in [2.75, 3.05) is 5.32 Å². The van der Waals surface area contributed by atoms with Gasteiger partial charge in [0.15, 0.2) is 0 Å². The van der Waals surface area contributed by atoms with Gasteiger partial charge >= 0.3 is 5.69 Å². The number of amides is 1. The van der Waals surface area contributed by atoms with Gasteiger partial charge < -0.3 is 5.32 Å². The first-order valence-corrected chi connectivity index (χ1v) is 9.62. The molecule has 2 heterocycles. The number of nitro groups is 1. The standard InChI is InChI=1S/C22H20N6O3/c1-14-8-6-7-11-17(14)18-12-19(27(26-18)13-16-9-4-3-5-10-16)23-22(29)20-21(28(30)31)15(2)24-25-20/h3-12H,13H2,1-2H3,(H,23,29)(H,24,25). The molecule has 31 heavy (non-hydrogen) atoms. The summed E-state index contributed by atoms with van der Waals surface area (Å²) in [7, 11) is 0. The van der Waals surface area contributed by atoms with E-state index < -0.39 is 10.8 Å². The van der Waals surface area contributed by atoms with Crippen molar-refractivity contribution in [3.05, 3.63) is 93.3 Å². The fourth-order valence-electron chi connectivity index (χ4n) is 3.37.